The van der Waals surface area contributed by atoms with Crippen LogP contribution in [0.1, 0.15) is 32.1 Å². The summed E-state index contributed by atoms with van der Waals surface area (Å²) in [4.78, 5) is 12.2. The Kier molecular flexibility index (Phi) is 7.74. The number of carbonyl (C=O) groups excluding carboxylic acids is 1. The summed E-state index contributed by atoms with van der Waals surface area (Å²) in [7, 11) is 0. The lowest BCUT2D eigenvalue weighted by Gasteiger charge is -2.13. The summed E-state index contributed by atoms with van der Waals surface area (Å²) in [5, 5.41) is 12.9. The van der Waals surface area contributed by atoms with E-state index in [1.54, 1.807) is 6.08 Å². The van der Waals surface area contributed by atoms with Crippen LogP contribution in [-0.2, 0) is 11.3 Å². The van der Waals surface area contributed by atoms with Crippen molar-refractivity contribution in [1.29, 1.82) is 0 Å². The Hall–Kier alpha value is -2.05. The molecule has 28 heavy (non-hydrogen) atoms. The van der Waals surface area contributed by atoms with Crippen molar-refractivity contribution >= 4 is 29.3 Å². The third kappa shape index (κ3) is 5.72. The zero-order valence-electron chi connectivity index (χ0n) is 15.9. The van der Waals surface area contributed by atoms with E-state index < -0.39 is 0 Å². The molecule has 7 heteroatoms. The molecule has 0 bridgehead atoms. The van der Waals surface area contributed by atoms with Crippen LogP contribution in [0, 0.1) is 0 Å². The number of halogens is 1. The lowest BCUT2D eigenvalue weighted by molar-refractivity contribution is -0.118. The second-order valence-electron chi connectivity index (χ2n) is 6.71. The van der Waals surface area contributed by atoms with Gasteiger partial charge in [0.15, 0.2) is 11.0 Å². The number of benzene rings is 1. The molecule has 1 aliphatic carbocycles. The van der Waals surface area contributed by atoms with Gasteiger partial charge in [0.1, 0.15) is 0 Å². The Bertz CT molecular complexity index is 845. The number of nitrogens with one attached hydrogen (secondary N) is 1. The molecule has 1 N–H and O–H groups in total. The zero-order chi connectivity index (χ0) is 19.8. The van der Waals surface area contributed by atoms with Gasteiger partial charge in [-0.05, 0) is 56.4 Å². The Morgan fingerprint density at radius 1 is 1.29 bits per heavy atom. The topological polar surface area (TPSA) is 59.8 Å². The zero-order valence-corrected chi connectivity index (χ0v) is 17.4. The van der Waals surface area contributed by atoms with E-state index in [9.17, 15) is 4.79 Å². The van der Waals surface area contributed by atoms with Crippen molar-refractivity contribution in [3.63, 3.8) is 0 Å². The van der Waals surface area contributed by atoms with E-state index in [1.165, 1.54) is 43.0 Å². The van der Waals surface area contributed by atoms with Crippen molar-refractivity contribution < 1.29 is 4.79 Å². The van der Waals surface area contributed by atoms with E-state index in [-0.39, 0.29) is 5.91 Å². The highest BCUT2D eigenvalue weighted by Gasteiger charge is 2.15. The first kappa shape index (κ1) is 20.7. The molecule has 0 spiro atoms. The molecule has 0 unspecified atom stereocenters. The average Bonchev–Trinajstić information content (AvgIpc) is 3.11. The molecule has 1 aromatic carbocycles. The smallest absolute Gasteiger partial charge is 0.230 e. The highest BCUT2D eigenvalue weighted by Crippen LogP contribution is 2.25. The third-order valence-electron chi connectivity index (χ3n) is 4.62. The van der Waals surface area contributed by atoms with Gasteiger partial charge < -0.3 is 5.32 Å². The number of rotatable bonds is 9. The highest BCUT2D eigenvalue weighted by molar-refractivity contribution is 7.99. The first-order chi connectivity index (χ1) is 13.7. The summed E-state index contributed by atoms with van der Waals surface area (Å²) in [6.45, 7) is 5.08. The Balaban J connectivity index is 1.56. The fourth-order valence-corrected chi connectivity index (χ4v) is 4.08. The number of aromatic nitrogens is 3. The van der Waals surface area contributed by atoms with Gasteiger partial charge in [0, 0.05) is 23.7 Å². The maximum absolute atomic E-state index is 12.2. The maximum atomic E-state index is 12.2. The molecule has 1 amide bonds. The third-order valence-corrected chi connectivity index (χ3v) is 5.84. The minimum absolute atomic E-state index is 0.0163. The van der Waals surface area contributed by atoms with Gasteiger partial charge in [0.25, 0.3) is 0 Å². The molecule has 5 nitrogen and oxygen atoms in total. The summed E-state index contributed by atoms with van der Waals surface area (Å²) < 4.78 is 1.96. The van der Waals surface area contributed by atoms with Crippen molar-refractivity contribution in [2.75, 3.05) is 12.3 Å². The van der Waals surface area contributed by atoms with Crippen LogP contribution in [-0.4, -0.2) is 33.0 Å². The van der Waals surface area contributed by atoms with E-state index in [0.717, 1.165) is 17.8 Å². The molecule has 1 heterocycles. The van der Waals surface area contributed by atoms with Crippen molar-refractivity contribution in [1.82, 2.24) is 20.1 Å². The molecule has 3 rings (SSSR count). The second-order valence-corrected chi connectivity index (χ2v) is 8.09. The Morgan fingerprint density at radius 3 is 2.82 bits per heavy atom. The fraction of sp³-hybridized carbons (Fsp3) is 0.381. The van der Waals surface area contributed by atoms with Crippen LogP contribution in [0.4, 0.5) is 0 Å². The predicted molar refractivity (Wildman–Crippen MR) is 116 cm³/mol. The van der Waals surface area contributed by atoms with Crippen molar-refractivity contribution in [3.05, 3.63) is 53.6 Å². The molecule has 0 saturated carbocycles. The van der Waals surface area contributed by atoms with Crippen LogP contribution in [0.3, 0.4) is 0 Å². The molecule has 148 valence electrons. The van der Waals surface area contributed by atoms with Crippen LogP contribution < -0.4 is 5.32 Å². The number of hydrogen-bond acceptors (Lipinski definition) is 4. The van der Waals surface area contributed by atoms with Crippen LogP contribution in [0.25, 0.3) is 11.4 Å². The molecule has 1 aromatic heterocycles. The molecular weight excluding hydrogens is 392 g/mol. The van der Waals surface area contributed by atoms with Gasteiger partial charge in [-0.2, -0.15) is 0 Å². The van der Waals surface area contributed by atoms with Crippen molar-refractivity contribution in [2.45, 2.75) is 43.8 Å². The van der Waals surface area contributed by atoms with E-state index in [4.69, 9.17) is 11.6 Å². The van der Waals surface area contributed by atoms with Crippen molar-refractivity contribution in [2.24, 2.45) is 0 Å². The summed E-state index contributed by atoms with van der Waals surface area (Å²) in [5.41, 5.74) is 2.40. The SMILES string of the molecule is C=CCn1c(SCC(=O)NCCC2=CCCCC2)nnc1-c1ccc(Cl)cc1. The van der Waals surface area contributed by atoms with Crippen LogP contribution >= 0.6 is 23.4 Å². The minimum atomic E-state index is 0.0163. The molecule has 1 aliphatic rings. The van der Waals surface area contributed by atoms with E-state index in [0.29, 0.717) is 29.0 Å². The highest BCUT2D eigenvalue weighted by atomic mass is 35.5. The van der Waals surface area contributed by atoms with E-state index >= 15 is 0 Å². The van der Waals surface area contributed by atoms with E-state index in [2.05, 4.69) is 28.2 Å². The van der Waals surface area contributed by atoms with Gasteiger partial charge in [-0.3, -0.25) is 9.36 Å². The molecule has 0 fully saturated rings. The summed E-state index contributed by atoms with van der Waals surface area (Å²) >= 11 is 7.36. The van der Waals surface area contributed by atoms with Crippen LogP contribution in [0.5, 0.6) is 0 Å². The summed E-state index contributed by atoms with van der Waals surface area (Å²) in [6.07, 6.45) is 9.96. The molecule has 0 saturated heterocycles. The standard InChI is InChI=1S/C21H25ClN4OS/c1-2-14-26-20(17-8-10-18(22)11-9-17)24-25-21(26)28-15-19(27)23-13-12-16-6-4-3-5-7-16/h2,6,8-11H,1,3-5,7,12-15H2,(H,23,27). The quantitative estimate of drug-likeness (QED) is 0.467. The van der Waals surface area contributed by atoms with Gasteiger partial charge in [-0.25, -0.2) is 0 Å². The molecular formula is C21H25ClN4OS. The number of amides is 1. The first-order valence-electron chi connectivity index (χ1n) is 9.55. The maximum Gasteiger partial charge on any atom is 0.230 e. The van der Waals surface area contributed by atoms with Crippen LogP contribution in [0.15, 0.2) is 53.7 Å². The first-order valence-corrected chi connectivity index (χ1v) is 10.9. The average molecular weight is 417 g/mol. The normalized spacial score (nSPS) is 13.8. The second kappa shape index (κ2) is 10.5. The predicted octanol–water partition coefficient (Wildman–Crippen LogP) is 4.88. The Morgan fingerprint density at radius 2 is 2.11 bits per heavy atom. The number of allylic oxidation sites excluding steroid dienone is 2. The molecule has 0 atom stereocenters. The Labute approximate surface area is 175 Å². The largest absolute Gasteiger partial charge is 0.355 e. The van der Waals surface area contributed by atoms with Gasteiger partial charge in [-0.1, -0.05) is 41.1 Å². The molecule has 0 radical (unpaired) electrons. The van der Waals surface area contributed by atoms with Gasteiger partial charge >= 0.3 is 0 Å². The van der Waals surface area contributed by atoms with Gasteiger partial charge in [0.2, 0.25) is 5.91 Å². The lowest BCUT2D eigenvalue weighted by Crippen LogP contribution is -2.26. The minimum Gasteiger partial charge on any atom is -0.355 e. The van der Waals surface area contributed by atoms with Gasteiger partial charge in [-0.15, -0.1) is 16.8 Å². The number of thioether (sulfide) groups is 1. The summed E-state index contributed by atoms with van der Waals surface area (Å²) in [5.74, 6) is 1.07. The lowest BCUT2D eigenvalue weighted by atomic mass is 9.97. The van der Waals surface area contributed by atoms with Gasteiger partial charge in [0.05, 0.1) is 5.75 Å². The fourth-order valence-electron chi connectivity index (χ4n) is 3.18. The molecule has 2 aromatic rings. The van der Waals surface area contributed by atoms with Crippen molar-refractivity contribution in [3.8, 4) is 11.4 Å². The van der Waals surface area contributed by atoms with E-state index in [1.807, 2.05) is 28.8 Å². The number of hydrogen-bond donors (Lipinski definition) is 1. The number of nitrogens with zero attached hydrogens (tertiary/aromatic N) is 3. The summed E-state index contributed by atoms with van der Waals surface area (Å²) in [6, 6.07) is 7.47. The molecule has 0 aliphatic heterocycles. The number of carbonyl (C=O) groups is 1. The van der Waals surface area contributed by atoms with Crippen LogP contribution in [0.2, 0.25) is 5.02 Å². The monoisotopic (exact) mass is 416 g/mol.